The van der Waals surface area contributed by atoms with Crippen molar-refractivity contribution in [2.24, 2.45) is 5.92 Å². The average Bonchev–Trinajstić information content (AvgIpc) is 2.16. The van der Waals surface area contributed by atoms with Gasteiger partial charge in [0.25, 0.3) is 0 Å². The molecule has 0 bridgehead atoms. The van der Waals surface area contributed by atoms with Gasteiger partial charge in [-0.05, 0) is 18.7 Å². The molecule has 1 rings (SSSR count). The molecule has 1 saturated carbocycles. The van der Waals surface area contributed by atoms with E-state index in [-0.39, 0.29) is 17.4 Å². The van der Waals surface area contributed by atoms with E-state index in [0.29, 0.717) is 6.42 Å². The van der Waals surface area contributed by atoms with E-state index in [0.717, 1.165) is 19.3 Å². The Bertz CT molecular complexity index is 188. The van der Waals surface area contributed by atoms with Crippen molar-refractivity contribution in [1.82, 2.24) is 0 Å². The topological polar surface area (TPSA) is 63.4 Å². The summed E-state index contributed by atoms with van der Waals surface area (Å²) >= 11 is 0. The monoisotopic (exact) mass is 183 g/mol. The highest BCUT2D eigenvalue weighted by molar-refractivity contribution is 6.12. The molecule has 5 heteroatoms. The zero-order chi connectivity index (χ0) is 9.84. The summed E-state index contributed by atoms with van der Waals surface area (Å²) in [5.74, 6) is -0.579. The molecule has 0 aromatic rings. The Morgan fingerprint density at radius 2 is 2.15 bits per heavy atom. The van der Waals surface area contributed by atoms with Crippen molar-refractivity contribution in [1.29, 1.82) is 0 Å². The van der Waals surface area contributed by atoms with E-state index in [1.807, 2.05) is 0 Å². The van der Waals surface area contributed by atoms with Crippen LogP contribution < -0.4 is 0 Å². The molecule has 0 spiro atoms. The fourth-order valence-electron chi connectivity index (χ4n) is 2.04. The van der Waals surface area contributed by atoms with Gasteiger partial charge in [-0.2, -0.15) is 0 Å². The minimum Gasteiger partial charge on any atom is -0.397 e. The Labute approximate surface area is 78.9 Å². The lowest BCUT2D eigenvalue weighted by Gasteiger charge is -2.29. The van der Waals surface area contributed by atoms with Gasteiger partial charge in [0.05, 0.1) is 7.85 Å². The molecule has 1 aliphatic rings. The van der Waals surface area contributed by atoms with Crippen LogP contribution in [0.15, 0.2) is 0 Å². The first-order valence-electron chi connectivity index (χ1n) is 4.66. The molecule has 3 atom stereocenters. The van der Waals surface area contributed by atoms with Gasteiger partial charge in [-0.15, -0.1) is 0 Å². The van der Waals surface area contributed by atoms with Crippen LogP contribution in [-0.2, 0) is 0 Å². The molecule has 0 amide bonds. The molecule has 1 aliphatic carbocycles. The summed E-state index contributed by atoms with van der Waals surface area (Å²) in [7, 11) is 5.62. The summed E-state index contributed by atoms with van der Waals surface area (Å²) in [5, 5.41) is 19.5. The molecule has 0 saturated heterocycles. The van der Waals surface area contributed by atoms with Crippen LogP contribution in [-0.4, -0.2) is 30.5 Å². The largest absolute Gasteiger partial charge is 0.397 e. The molecule has 2 radical (unpaired) electrons. The summed E-state index contributed by atoms with van der Waals surface area (Å²) in [6.45, 7) is -0.158. The molecule has 4 nitrogen and oxygen atoms in total. The Kier molecular flexibility index (Phi) is 3.72. The van der Waals surface area contributed by atoms with E-state index in [4.69, 9.17) is 13.0 Å². The summed E-state index contributed by atoms with van der Waals surface area (Å²) in [5.41, 5.74) is 0. The number of nitro groups is 1. The second-order valence-corrected chi connectivity index (χ2v) is 3.65. The Morgan fingerprint density at radius 3 is 2.69 bits per heavy atom. The molecular weight excluding hydrogens is 169 g/mol. The second kappa shape index (κ2) is 4.60. The van der Waals surface area contributed by atoms with Crippen LogP contribution >= 0.6 is 0 Å². The van der Waals surface area contributed by atoms with Crippen LogP contribution in [0.1, 0.15) is 25.7 Å². The third kappa shape index (κ3) is 2.43. The highest BCUT2D eigenvalue weighted by Crippen LogP contribution is 2.33. The summed E-state index contributed by atoms with van der Waals surface area (Å²) in [6, 6.07) is -0.545. The molecule has 1 N–H and O–H groups in total. The maximum Gasteiger partial charge on any atom is 0.215 e. The predicted octanol–water partition coefficient (Wildman–Crippen LogP) is 0.771. The van der Waals surface area contributed by atoms with Gasteiger partial charge in [-0.25, -0.2) is 0 Å². The summed E-state index contributed by atoms with van der Waals surface area (Å²) in [6.07, 6.45) is 3.27. The normalized spacial score (nSPS) is 31.2. The molecule has 0 heterocycles. The van der Waals surface area contributed by atoms with Crippen molar-refractivity contribution < 1.29 is 10.0 Å². The number of nitrogens with zero attached hydrogens (tertiary/aromatic N) is 1. The maximum absolute atomic E-state index is 10.7. The predicted molar refractivity (Wildman–Crippen MR) is 49.3 cm³/mol. The Hall–Kier alpha value is -0.575. The highest BCUT2D eigenvalue weighted by Gasteiger charge is 2.36. The Balaban J connectivity index is 2.61. The van der Waals surface area contributed by atoms with E-state index in [1.54, 1.807) is 0 Å². The molecule has 0 unspecified atom stereocenters. The van der Waals surface area contributed by atoms with Crippen LogP contribution in [0, 0.1) is 16.0 Å². The Morgan fingerprint density at radius 1 is 1.54 bits per heavy atom. The van der Waals surface area contributed by atoms with Gasteiger partial charge in [0.15, 0.2) is 0 Å². The number of hydrogen-bond acceptors (Lipinski definition) is 3. The van der Waals surface area contributed by atoms with Crippen molar-refractivity contribution in [3.8, 4) is 0 Å². The zero-order valence-corrected chi connectivity index (χ0v) is 7.56. The maximum atomic E-state index is 10.7. The van der Waals surface area contributed by atoms with Crippen LogP contribution in [0.25, 0.3) is 0 Å². The smallest absolute Gasteiger partial charge is 0.215 e. The third-order valence-corrected chi connectivity index (χ3v) is 2.81. The van der Waals surface area contributed by atoms with E-state index in [9.17, 15) is 10.1 Å². The molecule has 1 fully saturated rings. The molecule has 0 aliphatic heterocycles. The van der Waals surface area contributed by atoms with Crippen molar-refractivity contribution in [2.75, 3.05) is 6.61 Å². The summed E-state index contributed by atoms with van der Waals surface area (Å²) < 4.78 is 0. The lowest BCUT2D eigenvalue weighted by Crippen LogP contribution is -2.35. The van der Waals surface area contributed by atoms with Gasteiger partial charge in [-0.1, -0.05) is 6.42 Å². The minimum atomic E-state index is -0.545. The SMILES string of the molecule is [B][C@H](CO)[C@@H]1CCCC[C@H]1[N+](=O)[O-]. The number of aliphatic hydroxyl groups excluding tert-OH is 1. The van der Waals surface area contributed by atoms with E-state index in [1.165, 1.54) is 0 Å². The zero-order valence-electron chi connectivity index (χ0n) is 7.56. The number of rotatable bonds is 3. The second-order valence-electron chi connectivity index (χ2n) is 3.65. The fraction of sp³-hybridized carbons (Fsp3) is 1.00. The van der Waals surface area contributed by atoms with Crippen LogP contribution in [0.2, 0.25) is 5.82 Å². The number of hydrogen-bond donors (Lipinski definition) is 1. The standard InChI is InChI=1S/C8H14BNO3/c9-7(5-11)6-3-1-2-4-8(6)10(12)13/h6-8,11H,1-5H2/t6-,7+,8+/m0/s1. The summed E-state index contributed by atoms with van der Waals surface area (Å²) in [4.78, 5) is 10.4. The first-order chi connectivity index (χ1) is 6.16. The van der Waals surface area contributed by atoms with Gasteiger partial charge in [-0.3, -0.25) is 10.1 Å². The third-order valence-electron chi connectivity index (χ3n) is 2.81. The molecule has 72 valence electrons. The highest BCUT2D eigenvalue weighted by atomic mass is 16.6. The fourth-order valence-corrected chi connectivity index (χ4v) is 2.04. The van der Waals surface area contributed by atoms with Crippen molar-refractivity contribution in [3.05, 3.63) is 10.1 Å². The molecule has 0 aromatic carbocycles. The molecule has 13 heavy (non-hydrogen) atoms. The van der Waals surface area contributed by atoms with Crippen molar-refractivity contribution >= 4 is 7.85 Å². The van der Waals surface area contributed by atoms with Crippen molar-refractivity contribution in [3.63, 3.8) is 0 Å². The molecular formula is C8H14BNO3. The van der Waals surface area contributed by atoms with Crippen LogP contribution in [0.3, 0.4) is 0 Å². The van der Waals surface area contributed by atoms with Gasteiger partial charge in [0, 0.05) is 23.9 Å². The van der Waals surface area contributed by atoms with Gasteiger partial charge >= 0.3 is 0 Å². The lowest BCUT2D eigenvalue weighted by molar-refractivity contribution is -0.535. The van der Waals surface area contributed by atoms with E-state index >= 15 is 0 Å². The van der Waals surface area contributed by atoms with Crippen LogP contribution in [0.4, 0.5) is 0 Å². The quantitative estimate of drug-likeness (QED) is 0.399. The van der Waals surface area contributed by atoms with Gasteiger partial charge in [0.2, 0.25) is 6.04 Å². The first-order valence-corrected chi connectivity index (χ1v) is 4.66. The van der Waals surface area contributed by atoms with E-state index < -0.39 is 11.9 Å². The minimum absolute atomic E-state index is 0.145. The van der Waals surface area contributed by atoms with E-state index in [2.05, 4.69) is 0 Å². The average molecular weight is 183 g/mol. The van der Waals surface area contributed by atoms with Gasteiger partial charge < -0.3 is 5.11 Å². The van der Waals surface area contributed by atoms with Crippen LogP contribution in [0.5, 0.6) is 0 Å². The molecule has 0 aromatic heterocycles. The lowest BCUT2D eigenvalue weighted by atomic mass is 9.68. The number of aliphatic hydroxyl groups is 1. The van der Waals surface area contributed by atoms with Crippen molar-refractivity contribution in [2.45, 2.75) is 37.5 Å². The first kappa shape index (κ1) is 10.5. The van der Waals surface area contributed by atoms with Gasteiger partial charge in [0.1, 0.15) is 0 Å².